The summed E-state index contributed by atoms with van der Waals surface area (Å²) in [7, 11) is 0. The molecule has 94 valence electrons. The average Bonchev–Trinajstić information content (AvgIpc) is 2.34. The zero-order valence-corrected chi connectivity index (χ0v) is 11.3. The van der Waals surface area contributed by atoms with Crippen LogP contribution in [0, 0.1) is 0 Å². The minimum atomic E-state index is 0.170. The lowest BCUT2D eigenvalue weighted by molar-refractivity contribution is 0.102. The number of hydrogen-bond acceptors (Lipinski definition) is 3. The molecule has 2 nitrogen and oxygen atoms in total. The van der Waals surface area contributed by atoms with Crippen molar-refractivity contribution in [1.29, 1.82) is 0 Å². The molecule has 0 amide bonds. The van der Waals surface area contributed by atoms with Crippen molar-refractivity contribution in [1.82, 2.24) is 0 Å². The highest BCUT2D eigenvalue weighted by Gasteiger charge is 2.06. The molecule has 0 saturated carbocycles. The second kappa shape index (κ2) is 7.51. The molecule has 0 aliphatic carbocycles. The lowest BCUT2D eigenvalue weighted by atomic mass is 10.0. The Hall–Kier alpha value is -0.800. The van der Waals surface area contributed by atoms with Crippen LogP contribution in [-0.2, 0) is 0 Å². The first kappa shape index (κ1) is 14.3. The molecular weight excluding hydrogens is 232 g/mol. The van der Waals surface area contributed by atoms with Crippen molar-refractivity contribution in [2.24, 2.45) is 0 Å². The van der Waals surface area contributed by atoms with Gasteiger partial charge >= 0.3 is 0 Å². The predicted octanol–water partition coefficient (Wildman–Crippen LogP) is 3.11. The van der Waals surface area contributed by atoms with Crippen molar-refractivity contribution in [3.05, 3.63) is 35.4 Å². The number of rotatable bonds is 7. The first-order chi connectivity index (χ1) is 8.15. The molecule has 0 spiro atoms. The second-order valence-electron chi connectivity index (χ2n) is 4.33. The molecule has 1 N–H and O–H groups in total. The number of carbonyl (C=O) groups excluding carboxylic acids is 1. The van der Waals surface area contributed by atoms with E-state index in [0.717, 1.165) is 17.7 Å². The van der Waals surface area contributed by atoms with E-state index >= 15 is 0 Å². The van der Waals surface area contributed by atoms with Crippen molar-refractivity contribution in [3.8, 4) is 0 Å². The number of Topliss-reactive ketones (excluding diaryl/α,β-unsaturated/α-hetero) is 1. The van der Waals surface area contributed by atoms with Crippen LogP contribution in [-0.4, -0.2) is 29.0 Å². The zero-order valence-electron chi connectivity index (χ0n) is 10.5. The van der Waals surface area contributed by atoms with Gasteiger partial charge in [0.25, 0.3) is 0 Å². The first-order valence-electron chi connectivity index (χ1n) is 5.97. The maximum Gasteiger partial charge on any atom is 0.172 e. The lowest BCUT2D eigenvalue weighted by Crippen LogP contribution is -2.03. The van der Waals surface area contributed by atoms with Crippen molar-refractivity contribution in [3.63, 3.8) is 0 Å². The fraction of sp³-hybridized carbons (Fsp3) is 0.500. The Morgan fingerprint density at radius 1 is 1.29 bits per heavy atom. The van der Waals surface area contributed by atoms with E-state index in [-0.39, 0.29) is 12.4 Å². The molecule has 17 heavy (non-hydrogen) atoms. The van der Waals surface area contributed by atoms with Gasteiger partial charge in [0, 0.05) is 12.2 Å². The molecule has 1 aromatic rings. The fourth-order valence-electron chi connectivity index (χ4n) is 1.47. The zero-order chi connectivity index (χ0) is 12.7. The smallest absolute Gasteiger partial charge is 0.172 e. The van der Waals surface area contributed by atoms with Gasteiger partial charge in [-0.05, 0) is 23.7 Å². The Balaban J connectivity index is 2.46. The highest BCUT2D eigenvalue weighted by atomic mass is 32.2. The Bertz CT molecular complexity index is 344. The monoisotopic (exact) mass is 252 g/mol. The summed E-state index contributed by atoms with van der Waals surface area (Å²) in [6.07, 6.45) is 0.754. The number of ketones is 1. The largest absolute Gasteiger partial charge is 0.396 e. The molecule has 0 radical (unpaired) electrons. The number of aliphatic hydroxyl groups is 1. The number of thioether (sulfide) groups is 1. The summed E-state index contributed by atoms with van der Waals surface area (Å²) in [4.78, 5) is 11.8. The summed E-state index contributed by atoms with van der Waals surface area (Å²) >= 11 is 1.58. The summed E-state index contributed by atoms with van der Waals surface area (Å²) in [6, 6.07) is 7.86. The molecule has 0 aliphatic heterocycles. The van der Waals surface area contributed by atoms with E-state index in [1.807, 2.05) is 24.3 Å². The summed E-state index contributed by atoms with van der Waals surface area (Å²) < 4.78 is 0. The minimum Gasteiger partial charge on any atom is -0.396 e. The molecule has 0 saturated heterocycles. The van der Waals surface area contributed by atoms with Crippen molar-refractivity contribution < 1.29 is 9.90 Å². The van der Waals surface area contributed by atoms with E-state index in [1.54, 1.807) is 11.8 Å². The van der Waals surface area contributed by atoms with E-state index in [9.17, 15) is 4.79 Å². The van der Waals surface area contributed by atoms with Crippen LogP contribution >= 0.6 is 11.8 Å². The molecule has 1 rings (SSSR count). The predicted molar refractivity (Wildman–Crippen MR) is 73.9 cm³/mol. The van der Waals surface area contributed by atoms with Gasteiger partial charge in [-0.1, -0.05) is 38.1 Å². The van der Waals surface area contributed by atoms with Gasteiger partial charge in [0.2, 0.25) is 0 Å². The molecule has 0 heterocycles. The quantitative estimate of drug-likeness (QED) is 0.598. The molecule has 3 heteroatoms. The molecule has 0 aromatic heterocycles. The van der Waals surface area contributed by atoms with Crippen molar-refractivity contribution >= 4 is 17.5 Å². The van der Waals surface area contributed by atoms with Gasteiger partial charge in [0.1, 0.15) is 0 Å². The van der Waals surface area contributed by atoms with E-state index in [1.165, 1.54) is 5.56 Å². The molecule has 0 bridgehead atoms. The molecular formula is C14H20O2S. The van der Waals surface area contributed by atoms with Gasteiger partial charge in [-0.3, -0.25) is 4.79 Å². The van der Waals surface area contributed by atoms with Crippen LogP contribution in [0.5, 0.6) is 0 Å². The van der Waals surface area contributed by atoms with Gasteiger partial charge in [0.15, 0.2) is 5.78 Å². The molecule has 0 fully saturated rings. The Morgan fingerprint density at radius 3 is 2.47 bits per heavy atom. The topological polar surface area (TPSA) is 37.3 Å². The lowest BCUT2D eigenvalue weighted by Gasteiger charge is -2.06. The first-order valence-corrected chi connectivity index (χ1v) is 7.12. The third-order valence-electron chi connectivity index (χ3n) is 2.58. The van der Waals surface area contributed by atoms with E-state index in [2.05, 4.69) is 13.8 Å². The van der Waals surface area contributed by atoms with Crippen LogP contribution in [0.1, 0.15) is 42.1 Å². The highest BCUT2D eigenvalue weighted by molar-refractivity contribution is 7.99. The van der Waals surface area contributed by atoms with E-state index in [4.69, 9.17) is 5.11 Å². The summed E-state index contributed by atoms with van der Waals surface area (Å²) in [5, 5.41) is 8.63. The number of hydrogen-bond donors (Lipinski definition) is 1. The van der Waals surface area contributed by atoms with Gasteiger partial charge < -0.3 is 5.11 Å². The van der Waals surface area contributed by atoms with Crippen LogP contribution in [0.2, 0.25) is 0 Å². The van der Waals surface area contributed by atoms with Crippen molar-refractivity contribution in [2.75, 3.05) is 18.1 Å². The minimum absolute atomic E-state index is 0.170. The molecule has 0 aliphatic rings. The maximum atomic E-state index is 11.8. The Morgan fingerprint density at radius 2 is 1.94 bits per heavy atom. The molecule has 0 unspecified atom stereocenters. The molecule has 0 atom stereocenters. The SMILES string of the molecule is CC(C)c1ccc(C(=O)CSCCCO)cc1. The number of carbonyl (C=O) groups is 1. The summed E-state index contributed by atoms with van der Waals surface area (Å²) in [5.74, 6) is 2.01. The standard InChI is InChI=1S/C14H20O2S/c1-11(2)12-4-6-13(7-5-12)14(16)10-17-9-3-8-15/h4-7,11,15H,3,8-10H2,1-2H3. The van der Waals surface area contributed by atoms with Gasteiger partial charge in [-0.15, -0.1) is 0 Å². The van der Waals surface area contributed by atoms with Gasteiger partial charge in [0.05, 0.1) is 5.75 Å². The van der Waals surface area contributed by atoms with Crippen LogP contribution < -0.4 is 0 Å². The number of aliphatic hydroxyl groups excluding tert-OH is 1. The second-order valence-corrected chi connectivity index (χ2v) is 5.43. The summed E-state index contributed by atoms with van der Waals surface area (Å²) in [6.45, 7) is 4.48. The third-order valence-corrected chi connectivity index (χ3v) is 3.62. The fourth-order valence-corrected chi connectivity index (χ4v) is 2.30. The average molecular weight is 252 g/mol. The highest BCUT2D eigenvalue weighted by Crippen LogP contribution is 2.16. The van der Waals surface area contributed by atoms with Crippen LogP contribution in [0.25, 0.3) is 0 Å². The van der Waals surface area contributed by atoms with Crippen molar-refractivity contribution in [2.45, 2.75) is 26.2 Å². The Labute approximate surface area is 107 Å². The van der Waals surface area contributed by atoms with Gasteiger partial charge in [-0.25, -0.2) is 0 Å². The summed E-state index contributed by atoms with van der Waals surface area (Å²) in [5.41, 5.74) is 2.04. The maximum absolute atomic E-state index is 11.8. The number of benzene rings is 1. The van der Waals surface area contributed by atoms with E-state index in [0.29, 0.717) is 11.7 Å². The van der Waals surface area contributed by atoms with Crippen LogP contribution in [0.4, 0.5) is 0 Å². The van der Waals surface area contributed by atoms with Crippen LogP contribution in [0.3, 0.4) is 0 Å². The Kier molecular flexibility index (Phi) is 6.30. The van der Waals surface area contributed by atoms with Gasteiger partial charge in [-0.2, -0.15) is 11.8 Å². The van der Waals surface area contributed by atoms with Crippen LogP contribution in [0.15, 0.2) is 24.3 Å². The third kappa shape index (κ3) is 4.92. The molecule has 1 aromatic carbocycles. The normalized spacial score (nSPS) is 10.8. The van der Waals surface area contributed by atoms with E-state index < -0.39 is 0 Å².